The van der Waals surface area contributed by atoms with Gasteiger partial charge >= 0.3 is 0 Å². The van der Waals surface area contributed by atoms with E-state index in [9.17, 15) is 10.1 Å². The molecule has 0 radical (unpaired) electrons. The van der Waals surface area contributed by atoms with E-state index >= 15 is 0 Å². The number of methoxy groups -OCH3 is 1. The quantitative estimate of drug-likeness (QED) is 0.772. The Morgan fingerprint density at radius 3 is 2.56 bits per heavy atom. The van der Waals surface area contributed by atoms with Crippen molar-refractivity contribution in [1.29, 1.82) is 5.26 Å². The number of amides is 1. The van der Waals surface area contributed by atoms with E-state index in [0.29, 0.717) is 11.3 Å². The topological polar surface area (TPSA) is 67.1 Å². The molecule has 1 N–H and O–H groups in total. The van der Waals surface area contributed by atoms with E-state index in [0.717, 1.165) is 28.7 Å². The summed E-state index contributed by atoms with van der Waals surface area (Å²) in [7, 11) is 1.48. The van der Waals surface area contributed by atoms with Gasteiger partial charge in [-0.3, -0.25) is 4.79 Å². The third-order valence-corrected chi connectivity index (χ3v) is 4.12. The zero-order valence-corrected chi connectivity index (χ0v) is 14.2. The number of carbonyl (C=O) groups excluding carboxylic acids is 1. The molecule has 1 amide bonds. The predicted octanol–water partition coefficient (Wildman–Crippen LogP) is 3.78. The fourth-order valence-corrected chi connectivity index (χ4v) is 3.08. The maximum Gasteiger partial charge on any atom is 0.250 e. The van der Waals surface area contributed by atoms with Crippen LogP contribution in [0.3, 0.4) is 0 Å². The van der Waals surface area contributed by atoms with Crippen LogP contribution < -0.4 is 5.32 Å². The number of aromatic nitrogens is 1. The molecular weight excluding hydrogens is 314 g/mol. The van der Waals surface area contributed by atoms with Crippen molar-refractivity contribution in [3.05, 3.63) is 54.1 Å². The number of nitriles is 1. The standard InChI is InChI=1S/C20H19N3O2/c1-3-23-18-7-5-4-6-16(18)17(12-21)20(23)14-8-10-15(11-9-14)22-19(24)13-25-2/h4-11H,3,13H2,1-2H3,(H,22,24). The maximum atomic E-state index is 11.6. The summed E-state index contributed by atoms with van der Waals surface area (Å²) in [5.74, 6) is -0.198. The first kappa shape index (κ1) is 16.7. The molecule has 0 atom stereocenters. The fourth-order valence-electron chi connectivity index (χ4n) is 3.08. The third-order valence-electron chi connectivity index (χ3n) is 4.12. The molecule has 0 aliphatic carbocycles. The van der Waals surface area contributed by atoms with Crippen molar-refractivity contribution in [3.8, 4) is 17.3 Å². The molecule has 0 spiro atoms. The lowest BCUT2D eigenvalue weighted by Crippen LogP contribution is -2.16. The van der Waals surface area contributed by atoms with Gasteiger partial charge in [-0.05, 0) is 30.7 Å². The molecule has 0 unspecified atom stereocenters. The molecule has 25 heavy (non-hydrogen) atoms. The van der Waals surface area contributed by atoms with Crippen LogP contribution in [0.4, 0.5) is 5.69 Å². The number of para-hydroxylation sites is 1. The smallest absolute Gasteiger partial charge is 0.250 e. The largest absolute Gasteiger partial charge is 0.375 e. The molecule has 5 heteroatoms. The van der Waals surface area contributed by atoms with Crippen molar-refractivity contribution in [1.82, 2.24) is 4.57 Å². The van der Waals surface area contributed by atoms with Gasteiger partial charge in [0.05, 0.1) is 11.3 Å². The van der Waals surface area contributed by atoms with Crippen LogP contribution in [0.25, 0.3) is 22.2 Å². The van der Waals surface area contributed by atoms with Crippen LogP contribution in [0.5, 0.6) is 0 Å². The lowest BCUT2D eigenvalue weighted by molar-refractivity contribution is -0.119. The molecule has 0 aliphatic rings. The fraction of sp³-hybridized carbons (Fsp3) is 0.200. The second kappa shape index (κ2) is 7.20. The monoisotopic (exact) mass is 333 g/mol. The van der Waals surface area contributed by atoms with Crippen molar-refractivity contribution >= 4 is 22.5 Å². The van der Waals surface area contributed by atoms with Crippen LogP contribution in [0, 0.1) is 11.3 Å². The molecule has 3 aromatic rings. The van der Waals surface area contributed by atoms with Crippen LogP contribution in [-0.2, 0) is 16.1 Å². The van der Waals surface area contributed by atoms with Gasteiger partial charge in [0, 0.05) is 30.2 Å². The van der Waals surface area contributed by atoms with E-state index in [2.05, 4.69) is 22.9 Å². The van der Waals surface area contributed by atoms with Crippen molar-refractivity contribution in [3.63, 3.8) is 0 Å². The van der Waals surface area contributed by atoms with Gasteiger partial charge in [-0.1, -0.05) is 30.3 Å². The number of nitrogens with zero attached hydrogens (tertiary/aromatic N) is 2. The minimum absolute atomic E-state index is 0.0183. The number of benzene rings is 2. The van der Waals surface area contributed by atoms with E-state index in [1.165, 1.54) is 7.11 Å². The molecule has 0 saturated carbocycles. The first-order valence-corrected chi connectivity index (χ1v) is 8.10. The number of anilines is 1. The number of hydrogen-bond acceptors (Lipinski definition) is 3. The summed E-state index contributed by atoms with van der Waals surface area (Å²) < 4.78 is 6.96. The Hall–Kier alpha value is -3.10. The Labute approximate surface area is 146 Å². The Bertz CT molecular complexity index is 949. The highest BCUT2D eigenvalue weighted by molar-refractivity contribution is 5.95. The second-order valence-corrected chi connectivity index (χ2v) is 5.66. The Balaban J connectivity index is 2.05. The van der Waals surface area contributed by atoms with Gasteiger partial charge in [0.25, 0.3) is 0 Å². The van der Waals surface area contributed by atoms with Gasteiger partial charge in [0.15, 0.2) is 0 Å². The van der Waals surface area contributed by atoms with Gasteiger partial charge in [-0.2, -0.15) is 5.26 Å². The molecule has 0 aliphatic heterocycles. The Kier molecular flexibility index (Phi) is 4.82. The molecule has 3 rings (SSSR count). The van der Waals surface area contributed by atoms with Crippen molar-refractivity contribution in [2.75, 3.05) is 19.0 Å². The van der Waals surface area contributed by atoms with Gasteiger partial charge in [-0.15, -0.1) is 0 Å². The number of hydrogen-bond donors (Lipinski definition) is 1. The highest BCUT2D eigenvalue weighted by atomic mass is 16.5. The average molecular weight is 333 g/mol. The highest BCUT2D eigenvalue weighted by Crippen LogP contribution is 2.33. The van der Waals surface area contributed by atoms with E-state index in [-0.39, 0.29) is 12.5 Å². The zero-order valence-electron chi connectivity index (χ0n) is 14.2. The van der Waals surface area contributed by atoms with Crippen molar-refractivity contribution < 1.29 is 9.53 Å². The van der Waals surface area contributed by atoms with Gasteiger partial charge in [0.2, 0.25) is 5.91 Å². The summed E-state index contributed by atoms with van der Waals surface area (Å²) in [5, 5.41) is 13.4. The van der Waals surface area contributed by atoms with E-state index in [1.54, 1.807) is 0 Å². The Morgan fingerprint density at radius 2 is 1.92 bits per heavy atom. The summed E-state index contributed by atoms with van der Waals surface area (Å²) in [5.41, 5.74) is 4.27. The number of ether oxygens (including phenoxy) is 1. The third kappa shape index (κ3) is 3.12. The number of nitrogens with one attached hydrogen (secondary N) is 1. The van der Waals surface area contributed by atoms with Crippen LogP contribution in [0.15, 0.2) is 48.5 Å². The normalized spacial score (nSPS) is 10.6. The minimum atomic E-state index is -0.198. The number of fused-ring (bicyclic) bond motifs is 1. The predicted molar refractivity (Wildman–Crippen MR) is 98.3 cm³/mol. The van der Waals surface area contributed by atoms with E-state index < -0.39 is 0 Å². The average Bonchev–Trinajstić information content (AvgIpc) is 2.96. The van der Waals surface area contributed by atoms with E-state index in [1.807, 2.05) is 48.5 Å². The first-order valence-electron chi connectivity index (χ1n) is 8.10. The van der Waals surface area contributed by atoms with E-state index in [4.69, 9.17) is 4.74 Å². The molecule has 1 heterocycles. The molecular formula is C20H19N3O2. The zero-order chi connectivity index (χ0) is 17.8. The summed E-state index contributed by atoms with van der Waals surface area (Å²) in [4.78, 5) is 11.6. The highest BCUT2D eigenvalue weighted by Gasteiger charge is 2.17. The first-order chi connectivity index (χ1) is 12.2. The van der Waals surface area contributed by atoms with Crippen LogP contribution in [0.1, 0.15) is 12.5 Å². The molecule has 0 bridgehead atoms. The second-order valence-electron chi connectivity index (χ2n) is 5.66. The van der Waals surface area contributed by atoms with Gasteiger partial charge in [0.1, 0.15) is 12.7 Å². The molecule has 5 nitrogen and oxygen atoms in total. The lowest BCUT2D eigenvalue weighted by atomic mass is 10.1. The number of rotatable bonds is 5. The van der Waals surface area contributed by atoms with Crippen LogP contribution in [0.2, 0.25) is 0 Å². The summed E-state index contributed by atoms with van der Waals surface area (Å²) >= 11 is 0. The molecule has 0 saturated heterocycles. The van der Waals surface area contributed by atoms with Gasteiger partial charge < -0.3 is 14.6 Å². The van der Waals surface area contributed by atoms with Crippen molar-refractivity contribution in [2.45, 2.75) is 13.5 Å². The lowest BCUT2D eigenvalue weighted by Gasteiger charge is -2.10. The minimum Gasteiger partial charge on any atom is -0.375 e. The summed E-state index contributed by atoms with van der Waals surface area (Å²) in [6.45, 7) is 2.85. The SMILES string of the molecule is CCn1c(-c2ccc(NC(=O)COC)cc2)c(C#N)c2ccccc21. The Morgan fingerprint density at radius 1 is 1.20 bits per heavy atom. The number of carbonyl (C=O) groups is 1. The summed E-state index contributed by atoms with van der Waals surface area (Å²) in [6, 6.07) is 17.8. The van der Waals surface area contributed by atoms with Crippen molar-refractivity contribution in [2.24, 2.45) is 0 Å². The van der Waals surface area contributed by atoms with Crippen LogP contribution >= 0.6 is 0 Å². The van der Waals surface area contributed by atoms with Gasteiger partial charge in [-0.25, -0.2) is 0 Å². The molecule has 2 aromatic carbocycles. The molecule has 126 valence electrons. The molecule has 1 aromatic heterocycles. The number of aryl methyl sites for hydroxylation is 1. The molecule has 0 fully saturated rings. The van der Waals surface area contributed by atoms with Crippen LogP contribution in [-0.4, -0.2) is 24.2 Å². The summed E-state index contributed by atoms with van der Waals surface area (Å²) in [6.07, 6.45) is 0. The maximum absolute atomic E-state index is 11.6.